The van der Waals surface area contributed by atoms with Crippen molar-refractivity contribution >= 4 is 6.29 Å². The van der Waals surface area contributed by atoms with Crippen LogP contribution in [0.5, 0.6) is 0 Å². The summed E-state index contributed by atoms with van der Waals surface area (Å²) in [5, 5.41) is 8.71. The molecule has 0 fully saturated rings. The van der Waals surface area contributed by atoms with Gasteiger partial charge < -0.3 is 19.4 Å². The second kappa shape index (κ2) is 6.27. The molecule has 0 radical (unpaired) electrons. The third-order valence-corrected chi connectivity index (χ3v) is 1.49. The molecule has 0 aliphatic heterocycles. The largest absolute Gasteiger partial charge is 0.394 e. The van der Waals surface area contributed by atoms with Gasteiger partial charge in [0, 0.05) is 14.2 Å². The number of ether oxygens (including phenoxy) is 2. The molecule has 0 heterocycles. The molecule has 0 aromatic carbocycles. The van der Waals surface area contributed by atoms with Crippen molar-refractivity contribution in [1.82, 2.24) is 0 Å². The standard InChI is InChI=1S/C7H14O4/c1-10-5-6(3-8)7(4-9)11-2/h3,6-7,9H,4-5H2,1-2H3. The van der Waals surface area contributed by atoms with E-state index in [1.165, 1.54) is 14.2 Å². The van der Waals surface area contributed by atoms with Crippen molar-refractivity contribution in [3.8, 4) is 0 Å². The van der Waals surface area contributed by atoms with E-state index in [1.54, 1.807) is 0 Å². The molecule has 0 amide bonds. The van der Waals surface area contributed by atoms with Crippen LogP contribution in [0.4, 0.5) is 0 Å². The minimum atomic E-state index is -0.451. The van der Waals surface area contributed by atoms with Crippen LogP contribution in [0.1, 0.15) is 0 Å². The first-order valence-electron chi connectivity index (χ1n) is 3.38. The molecule has 2 unspecified atom stereocenters. The van der Waals surface area contributed by atoms with E-state index < -0.39 is 6.10 Å². The van der Waals surface area contributed by atoms with Gasteiger partial charge in [-0.15, -0.1) is 0 Å². The van der Waals surface area contributed by atoms with Crippen molar-refractivity contribution in [2.24, 2.45) is 5.92 Å². The van der Waals surface area contributed by atoms with E-state index in [4.69, 9.17) is 14.6 Å². The molecule has 2 atom stereocenters. The summed E-state index contributed by atoms with van der Waals surface area (Å²) >= 11 is 0. The lowest BCUT2D eigenvalue weighted by Crippen LogP contribution is -2.30. The van der Waals surface area contributed by atoms with Gasteiger partial charge in [0.25, 0.3) is 0 Å². The number of methoxy groups -OCH3 is 2. The minimum absolute atomic E-state index is 0.163. The molecule has 0 rings (SSSR count). The highest BCUT2D eigenvalue weighted by Crippen LogP contribution is 2.03. The molecule has 66 valence electrons. The summed E-state index contributed by atoms with van der Waals surface area (Å²) < 4.78 is 9.60. The fraction of sp³-hybridized carbons (Fsp3) is 0.857. The first-order chi connectivity index (χ1) is 5.29. The Morgan fingerprint density at radius 2 is 2.18 bits per heavy atom. The van der Waals surface area contributed by atoms with E-state index in [0.29, 0.717) is 0 Å². The van der Waals surface area contributed by atoms with Crippen LogP contribution < -0.4 is 0 Å². The van der Waals surface area contributed by atoms with Gasteiger partial charge in [0.2, 0.25) is 0 Å². The summed E-state index contributed by atoms with van der Waals surface area (Å²) in [6, 6.07) is 0. The molecule has 0 saturated heterocycles. The molecular formula is C7H14O4. The Bertz CT molecular complexity index is 101. The van der Waals surface area contributed by atoms with Gasteiger partial charge >= 0.3 is 0 Å². The third-order valence-electron chi connectivity index (χ3n) is 1.49. The number of aliphatic hydroxyl groups is 1. The van der Waals surface area contributed by atoms with Crippen LogP contribution in [0.15, 0.2) is 0 Å². The van der Waals surface area contributed by atoms with Gasteiger partial charge in [-0.1, -0.05) is 0 Å². The molecule has 0 spiro atoms. The van der Waals surface area contributed by atoms with Crippen molar-refractivity contribution in [3.05, 3.63) is 0 Å². The molecule has 1 N–H and O–H groups in total. The average molecular weight is 162 g/mol. The van der Waals surface area contributed by atoms with Gasteiger partial charge in [-0.05, 0) is 0 Å². The summed E-state index contributed by atoms with van der Waals surface area (Å²) in [5.74, 6) is -0.380. The van der Waals surface area contributed by atoms with Crippen molar-refractivity contribution in [2.75, 3.05) is 27.4 Å². The fourth-order valence-corrected chi connectivity index (χ4v) is 0.811. The van der Waals surface area contributed by atoms with Crippen molar-refractivity contribution in [3.63, 3.8) is 0 Å². The molecule has 0 saturated carbocycles. The summed E-state index contributed by atoms with van der Waals surface area (Å²) in [4.78, 5) is 10.4. The highest BCUT2D eigenvalue weighted by Gasteiger charge is 2.19. The monoisotopic (exact) mass is 162 g/mol. The molecule has 0 aromatic rings. The predicted octanol–water partition coefficient (Wildman–Crippen LogP) is -0.545. The Morgan fingerprint density at radius 3 is 2.45 bits per heavy atom. The number of hydrogen-bond acceptors (Lipinski definition) is 4. The number of rotatable bonds is 6. The van der Waals surface area contributed by atoms with E-state index in [0.717, 1.165) is 6.29 Å². The quantitative estimate of drug-likeness (QED) is 0.533. The van der Waals surface area contributed by atoms with Gasteiger partial charge in [0.15, 0.2) is 0 Å². The molecule has 0 bridgehead atoms. The molecule has 0 aliphatic rings. The summed E-state index contributed by atoms with van der Waals surface area (Å²) in [6.45, 7) is 0.117. The summed E-state index contributed by atoms with van der Waals surface area (Å²) in [5.41, 5.74) is 0. The van der Waals surface area contributed by atoms with Crippen LogP contribution >= 0.6 is 0 Å². The lowest BCUT2D eigenvalue weighted by molar-refractivity contribution is -0.119. The Balaban J connectivity index is 3.86. The summed E-state index contributed by atoms with van der Waals surface area (Å²) in [7, 11) is 2.95. The van der Waals surface area contributed by atoms with Crippen LogP contribution in [-0.2, 0) is 14.3 Å². The van der Waals surface area contributed by atoms with Crippen LogP contribution in [-0.4, -0.2) is 44.9 Å². The average Bonchev–Trinajstić information content (AvgIpc) is 2.05. The zero-order chi connectivity index (χ0) is 8.69. The van der Waals surface area contributed by atoms with Crippen LogP contribution in [0.3, 0.4) is 0 Å². The van der Waals surface area contributed by atoms with Crippen LogP contribution in [0.25, 0.3) is 0 Å². The number of carbonyl (C=O) groups is 1. The van der Waals surface area contributed by atoms with Gasteiger partial charge in [-0.2, -0.15) is 0 Å². The topological polar surface area (TPSA) is 55.8 Å². The van der Waals surface area contributed by atoms with E-state index in [9.17, 15) is 4.79 Å². The summed E-state index contributed by atoms with van der Waals surface area (Å²) in [6.07, 6.45) is 0.279. The lowest BCUT2D eigenvalue weighted by Gasteiger charge is -2.17. The predicted molar refractivity (Wildman–Crippen MR) is 39.3 cm³/mol. The maximum atomic E-state index is 10.4. The maximum absolute atomic E-state index is 10.4. The first kappa shape index (κ1) is 10.6. The second-order valence-corrected chi connectivity index (χ2v) is 2.21. The lowest BCUT2D eigenvalue weighted by atomic mass is 10.1. The first-order valence-corrected chi connectivity index (χ1v) is 3.38. The zero-order valence-corrected chi connectivity index (χ0v) is 6.82. The Morgan fingerprint density at radius 1 is 1.55 bits per heavy atom. The molecule has 4 nitrogen and oxygen atoms in total. The molecule has 0 aromatic heterocycles. The smallest absolute Gasteiger partial charge is 0.128 e. The SMILES string of the molecule is COCC(C=O)C(CO)OC. The van der Waals surface area contributed by atoms with E-state index >= 15 is 0 Å². The van der Waals surface area contributed by atoms with Crippen LogP contribution in [0, 0.1) is 5.92 Å². The van der Waals surface area contributed by atoms with Crippen molar-refractivity contribution < 1.29 is 19.4 Å². The van der Waals surface area contributed by atoms with E-state index in [2.05, 4.69) is 0 Å². The second-order valence-electron chi connectivity index (χ2n) is 2.21. The number of carbonyl (C=O) groups excluding carboxylic acids is 1. The van der Waals surface area contributed by atoms with Crippen molar-refractivity contribution in [1.29, 1.82) is 0 Å². The zero-order valence-electron chi connectivity index (χ0n) is 6.82. The maximum Gasteiger partial charge on any atom is 0.128 e. The minimum Gasteiger partial charge on any atom is -0.394 e. The van der Waals surface area contributed by atoms with Gasteiger partial charge in [-0.3, -0.25) is 0 Å². The molecule has 11 heavy (non-hydrogen) atoms. The van der Waals surface area contributed by atoms with Gasteiger partial charge in [0.1, 0.15) is 6.29 Å². The Labute approximate surface area is 66.1 Å². The molecular weight excluding hydrogens is 148 g/mol. The van der Waals surface area contributed by atoms with Crippen molar-refractivity contribution in [2.45, 2.75) is 6.10 Å². The number of aldehydes is 1. The highest BCUT2D eigenvalue weighted by atomic mass is 16.5. The van der Waals surface area contributed by atoms with E-state index in [1.807, 2.05) is 0 Å². The Hall–Kier alpha value is -0.450. The third kappa shape index (κ3) is 3.46. The van der Waals surface area contributed by atoms with Crippen LogP contribution in [0.2, 0.25) is 0 Å². The normalized spacial score (nSPS) is 15.9. The van der Waals surface area contributed by atoms with Gasteiger partial charge in [0.05, 0.1) is 25.2 Å². The molecule has 0 aliphatic carbocycles. The Kier molecular flexibility index (Phi) is 6.02. The highest BCUT2D eigenvalue weighted by molar-refractivity contribution is 5.54. The number of hydrogen-bond donors (Lipinski definition) is 1. The number of aliphatic hydroxyl groups excluding tert-OH is 1. The molecule has 4 heteroatoms. The van der Waals surface area contributed by atoms with Gasteiger partial charge in [-0.25, -0.2) is 0 Å². The fourth-order valence-electron chi connectivity index (χ4n) is 0.811. The van der Waals surface area contributed by atoms with E-state index in [-0.39, 0.29) is 19.1 Å².